The highest BCUT2D eigenvalue weighted by Gasteiger charge is 2.21. The fourth-order valence-electron chi connectivity index (χ4n) is 1.95. The van der Waals surface area contributed by atoms with E-state index in [9.17, 15) is 0 Å². The molecule has 0 aromatic rings. The van der Waals surface area contributed by atoms with Crippen LogP contribution in [0.3, 0.4) is 0 Å². The lowest BCUT2D eigenvalue weighted by Crippen LogP contribution is -2.55. The largest absolute Gasteiger partial charge is 0.311 e. The minimum absolute atomic E-state index is 0.775. The van der Waals surface area contributed by atoms with E-state index < -0.39 is 0 Å². The van der Waals surface area contributed by atoms with Gasteiger partial charge in [-0.3, -0.25) is 0 Å². The number of hydrogen-bond donors (Lipinski definition) is 2. The van der Waals surface area contributed by atoms with Crippen molar-refractivity contribution in [3.63, 3.8) is 0 Å². The summed E-state index contributed by atoms with van der Waals surface area (Å²) in [4.78, 5) is 0. The van der Waals surface area contributed by atoms with Gasteiger partial charge < -0.3 is 10.6 Å². The lowest BCUT2D eigenvalue weighted by molar-refractivity contribution is 0.284. The van der Waals surface area contributed by atoms with E-state index in [1.54, 1.807) is 0 Å². The summed E-state index contributed by atoms with van der Waals surface area (Å²) >= 11 is 0. The van der Waals surface area contributed by atoms with Crippen LogP contribution in [0.2, 0.25) is 0 Å². The molecule has 3 fully saturated rings. The number of nitrogens with one attached hydrogen (secondary N) is 2. The van der Waals surface area contributed by atoms with Crippen molar-refractivity contribution >= 4 is 0 Å². The van der Waals surface area contributed by atoms with E-state index in [0.717, 1.165) is 12.1 Å². The van der Waals surface area contributed by atoms with Crippen LogP contribution in [0.15, 0.2) is 0 Å². The van der Waals surface area contributed by atoms with Gasteiger partial charge in [0.15, 0.2) is 0 Å². The van der Waals surface area contributed by atoms with Crippen LogP contribution in [0.4, 0.5) is 0 Å². The first kappa shape index (κ1) is 6.62. The second-order valence-electron chi connectivity index (χ2n) is 3.49. The highest BCUT2D eigenvalue weighted by molar-refractivity contribution is 4.85. The molecule has 3 heterocycles. The van der Waals surface area contributed by atoms with Gasteiger partial charge in [-0.1, -0.05) is 12.8 Å². The van der Waals surface area contributed by atoms with Gasteiger partial charge in [-0.05, 0) is 12.8 Å². The van der Waals surface area contributed by atoms with Crippen LogP contribution in [0.5, 0.6) is 0 Å². The average molecular weight is 140 g/mol. The Kier molecular flexibility index (Phi) is 1.91. The molecular formula is C8H16N2. The van der Waals surface area contributed by atoms with Crippen LogP contribution in [-0.4, -0.2) is 25.2 Å². The highest BCUT2D eigenvalue weighted by Crippen LogP contribution is 2.13. The maximum Gasteiger partial charge on any atom is 0.0193 e. The Labute approximate surface area is 62.4 Å². The summed E-state index contributed by atoms with van der Waals surface area (Å²) in [5, 5.41) is 7.12. The molecule has 2 N–H and O–H groups in total. The van der Waals surface area contributed by atoms with Crippen molar-refractivity contribution < 1.29 is 0 Å². The van der Waals surface area contributed by atoms with E-state index in [1.165, 1.54) is 38.8 Å². The molecule has 0 aliphatic carbocycles. The maximum atomic E-state index is 3.56. The topological polar surface area (TPSA) is 24.1 Å². The van der Waals surface area contributed by atoms with E-state index in [-0.39, 0.29) is 0 Å². The van der Waals surface area contributed by atoms with Crippen molar-refractivity contribution in [2.75, 3.05) is 13.1 Å². The Bertz CT molecular complexity index is 86.3. The zero-order valence-electron chi connectivity index (χ0n) is 6.40. The SMILES string of the molecule is C1CC[C@@H]2CN[C@H](C1)CN2. The van der Waals surface area contributed by atoms with Crippen molar-refractivity contribution in [3.8, 4) is 0 Å². The van der Waals surface area contributed by atoms with Gasteiger partial charge in [0.25, 0.3) is 0 Å². The Hall–Kier alpha value is -0.0800. The zero-order valence-corrected chi connectivity index (χ0v) is 6.40. The van der Waals surface area contributed by atoms with E-state index >= 15 is 0 Å². The molecule has 0 radical (unpaired) electrons. The van der Waals surface area contributed by atoms with E-state index in [4.69, 9.17) is 0 Å². The summed E-state index contributed by atoms with van der Waals surface area (Å²) in [6.45, 7) is 2.40. The third kappa shape index (κ3) is 1.32. The molecule has 0 spiro atoms. The molecule has 0 unspecified atom stereocenters. The first-order chi connectivity index (χ1) is 4.95. The van der Waals surface area contributed by atoms with Crippen LogP contribution in [0, 0.1) is 0 Å². The predicted molar refractivity (Wildman–Crippen MR) is 42.0 cm³/mol. The number of fused-ring (bicyclic) bond motifs is 5. The Morgan fingerprint density at radius 2 is 1.30 bits per heavy atom. The Morgan fingerprint density at radius 3 is 1.70 bits per heavy atom. The van der Waals surface area contributed by atoms with Crippen LogP contribution in [0.1, 0.15) is 25.7 Å². The van der Waals surface area contributed by atoms with E-state index in [0.29, 0.717) is 0 Å². The molecular weight excluding hydrogens is 124 g/mol. The lowest BCUT2D eigenvalue weighted by atomic mass is 9.97. The molecule has 3 rings (SSSR count). The Balaban J connectivity index is 1.94. The number of piperazine rings is 1. The number of rotatable bonds is 0. The van der Waals surface area contributed by atoms with Crippen molar-refractivity contribution in [3.05, 3.63) is 0 Å². The molecule has 0 aromatic heterocycles. The van der Waals surface area contributed by atoms with Crippen molar-refractivity contribution in [1.29, 1.82) is 0 Å². The van der Waals surface area contributed by atoms with E-state index in [1.807, 2.05) is 0 Å². The first-order valence-corrected chi connectivity index (χ1v) is 4.42. The zero-order chi connectivity index (χ0) is 6.81. The smallest absolute Gasteiger partial charge is 0.0193 e. The third-order valence-corrected chi connectivity index (χ3v) is 2.66. The van der Waals surface area contributed by atoms with Crippen LogP contribution >= 0.6 is 0 Å². The molecule has 0 aromatic carbocycles. The monoisotopic (exact) mass is 140 g/mol. The van der Waals surface area contributed by atoms with Gasteiger partial charge in [0, 0.05) is 25.2 Å². The minimum atomic E-state index is 0.775. The van der Waals surface area contributed by atoms with Crippen LogP contribution < -0.4 is 10.6 Å². The van der Waals surface area contributed by atoms with Crippen molar-refractivity contribution in [2.45, 2.75) is 37.8 Å². The normalized spacial score (nSPS) is 40.8. The maximum absolute atomic E-state index is 3.56. The lowest BCUT2D eigenvalue weighted by Gasteiger charge is -2.33. The third-order valence-electron chi connectivity index (χ3n) is 2.66. The molecule has 2 heteroatoms. The van der Waals surface area contributed by atoms with Gasteiger partial charge >= 0.3 is 0 Å². The summed E-state index contributed by atoms with van der Waals surface area (Å²) in [6, 6.07) is 1.55. The second-order valence-corrected chi connectivity index (χ2v) is 3.49. The summed E-state index contributed by atoms with van der Waals surface area (Å²) < 4.78 is 0. The highest BCUT2D eigenvalue weighted by atomic mass is 15.1. The Morgan fingerprint density at radius 1 is 0.800 bits per heavy atom. The summed E-state index contributed by atoms with van der Waals surface area (Å²) in [7, 11) is 0. The van der Waals surface area contributed by atoms with Crippen LogP contribution in [0.25, 0.3) is 0 Å². The second kappa shape index (κ2) is 2.89. The van der Waals surface area contributed by atoms with E-state index in [2.05, 4.69) is 10.6 Å². The van der Waals surface area contributed by atoms with Crippen molar-refractivity contribution in [1.82, 2.24) is 10.6 Å². The van der Waals surface area contributed by atoms with Gasteiger partial charge in [0.2, 0.25) is 0 Å². The standard InChI is InChI=1S/C8H16N2/c1-2-4-8-6-9-7(3-1)5-10-8/h7-10H,1-6H2/t7-,8-/m1/s1. The predicted octanol–water partition coefficient (Wildman–Crippen LogP) is 0.490. The quantitative estimate of drug-likeness (QED) is 0.511. The minimum Gasteiger partial charge on any atom is -0.311 e. The fourth-order valence-corrected chi connectivity index (χ4v) is 1.95. The molecule has 3 aliphatic rings. The number of hydrogen-bond acceptors (Lipinski definition) is 2. The molecule has 0 amide bonds. The van der Waals surface area contributed by atoms with Gasteiger partial charge in [0.05, 0.1) is 0 Å². The first-order valence-electron chi connectivity index (χ1n) is 4.42. The summed E-state index contributed by atoms with van der Waals surface area (Å²) in [6.07, 6.45) is 5.60. The molecule has 2 bridgehead atoms. The molecule has 2 nitrogen and oxygen atoms in total. The van der Waals surface area contributed by atoms with Crippen LogP contribution in [-0.2, 0) is 0 Å². The van der Waals surface area contributed by atoms with Gasteiger partial charge in [-0.25, -0.2) is 0 Å². The molecule has 2 atom stereocenters. The van der Waals surface area contributed by atoms with Gasteiger partial charge in [0.1, 0.15) is 0 Å². The molecule has 10 heavy (non-hydrogen) atoms. The van der Waals surface area contributed by atoms with Crippen molar-refractivity contribution in [2.24, 2.45) is 0 Å². The summed E-state index contributed by atoms with van der Waals surface area (Å²) in [5.41, 5.74) is 0. The summed E-state index contributed by atoms with van der Waals surface area (Å²) in [5.74, 6) is 0. The fraction of sp³-hybridized carbons (Fsp3) is 1.00. The molecule has 58 valence electrons. The molecule has 0 saturated carbocycles. The molecule has 3 aliphatic heterocycles. The van der Waals surface area contributed by atoms with Gasteiger partial charge in [-0.15, -0.1) is 0 Å². The van der Waals surface area contributed by atoms with Gasteiger partial charge in [-0.2, -0.15) is 0 Å². The molecule has 3 saturated heterocycles. The average Bonchev–Trinajstić information content (AvgIpc) is 1.89.